The molecule has 1 atom stereocenters. The van der Waals surface area contributed by atoms with Crippen molar-refractivity contribution in [2.75, 3.05) is 49.1 Å². The molecule has 0 aliphatic carbocycles. The fourth-order valence-electron chi connectivity index (χ4n) is 8.34. The Labute approximate surface area is 253 Å². The van der Waals surface area contributed by atoms with Crippen molar-refractivity contribution in [2.45, 2.75) is 76.3 Å². The maximum atomic E-state index is 6.60. The van der Waals surface area contributed by atoms with Gasteiger partial charge in [-0.1, -0.05) is 37.3 Å². The first kappa shape index (κ1) is 26.9. The molecule has 43 heavy (non-hydrogen) atoms. The molecule has 4 aliphatic rings. The van der Waals surface area contributed by atoms with Gasteiger partial charge in [-0.15, -0.1) is 0 Å². The predicted octanol–water partition coefficient (Wildman–Crippen LogP) is 5.26. The topological polar surface area (TPSA) is 86.3 Å². The van der Waals surface area contributed by atoms with Crippen LogP contribution in [0.5, 0.6) is 6.01 Å². The lowest BCUT2D eigenvalue weighted by molar-refractivity contribution is 0.107. The largest absolute Gasteiger partial charge is 0.461 e. The van der Waals surface area contributed by atoms with Gasteiger partial charge in [-0.3, -0.25) is 10.00 Å². The molecule has 0 radical (unpaired) electrons. The lowest BCUT2D eigenvalue weighted by Gasteiger charge is -2.37. The zero-order valence-electron chi connectivity index (χ0n) is 25.3. The molecule has 0 spiro atoms. The monoisotopic (exact) mass is 578 g/mol. The molecule has 0 bridgehead atoms. The number of benzene rings is 2. The van der Waals surface area contributed by atoms with Crippen molar-refractivity contribution in [2.24, 2.45) is 0 Å². The van der Waals surface area contributed by atoms with Crippen molar-refractivity contribution in [3.8, 4) is 6.01 Å². The van der Waals surface area contributed by atoms with Crippen LogP contribution in [0.15, 0.2) is 42.7 Å². The Morgan fingerprint density at radius 2 is 1.84 bits per heavy atom. The number of nitrogens with one attached hydrogen (secondary N) is 1. The lowest BCUT2D eigenvalue weighted by atomic mass is 9.95. The maximum Gasteiger partial charge on any atom is 0.318 e. The molecule has 0 saturated carbocycles. The molecule has 2 aromatic carbocycles. The summed E-state index contributed by atoms with van der Waals surface area (Å²) in [5, 5.41) is 9.92. The number of H-pyrrole nitrogens is 1. The van der Waals surface area contributed by atoms with Crippen LogP contribution in [0.25, 0.3) is 10.8 Å². The number of nitrogens with zero attached hydrogens (tertiary/aromatic N) is 7. The molecule has 224 valence electrons. The summed E-state index contributed by atoms with van der Waals surface area (Å²) in [5.74, 6) is 2.35. The SMILES string of the molecule is CCc1cccc2cccc(N3CCc4c(nc(OCC56CCCN5CCC6)nc4N4CCCC(c5ncn[nH]5)C4)C3)c12. The minimum absolute atomic E-state index is 0.160. The van der Waals surface area contributed by atoms with Gasteiger partial charge in [0, 0.05) is 42.2 Å². The Hall–Kier alpha value is -3.72. The van der Waals surface area contributed by atoms with Gasteiger partial charge in [-0.2, -0.15) is 15.1 Å². The van der Waals surface area contributed by atoms with Gasteiger partial charge in [-0.05, 0) is 81.5 Å². The van der Waals surface area contributed by atoms with Crippen LogP contribution in [0, 0.1) is 0 Å². The fraction of sp³-hybridized carbons (Fsp3) is 0.529. The van der Waals surface area contributed by atoms with Gasteiger partial charge in [-0.25, -0.2) is 4.98 Å². The van der Waals surface area contributed by atoms with Gasteiger partial charge >= 0.3 is 6.01 Å². The Morgan fingerprint density at radius 1 is 0.977 bits per heavy atom. The van der Waals surface area contributed by atoms with Crippen LogP contribution in [-0.2, 0) is 19.4 Å². The van der Waals surface area contributed by atoms with E-state index in [1.54, 1.807) is 6.33 Å². The zero-order chi connectivity index (χ0) is 28.8. The summed E-state index contributed by atoms with van der Waals surface area (Å²) in [6.07, 6.45) is 10.7. The molecule has 2 aromatic heterocycles. The second kappa shape index (κ2) is 11.1. The number of piperidine rings is 1. The summed E-state index contributed by atoms with van der Waals surface area (Å²) in [4.78, 5) is 22.5. The molecule has 1 N–H and O–H groups in total. The Morgan fingerprint density at radius 3 is 2.65 bits per heavy atom. The molecule has 1 unspecified atom stereocenters. The van der Waals surface area contributed by atoms with Crippen molar-refractivity contribution in [3.63, 3.8) is 0 Å². The predicted molar refractivity (Wildman–Crippen MR) is 169 cm³/mol. The molecule has 9 heteroatoms. The van der Waals surface area contributed by atoms with Crippen LogP contribution in [-0.4, -0.2) is 74.9 Å². The third-order valence-electron chi connectivity index (χ3n) is 10.5. The molecule has 3 fully saturated rings. The normalized spacial score (nSPS) is 21.7. The van der Waals surface area contributed by atoms with E-state index in [0.29, 0.717) is 18.5 Å². The Kier molecular flexibility index (Phi) is 6.93. The minimum atomic E-state index is 0.160. The number of rotatable bonds is 7. The number of aryl methyl sites for hydroxylation is 1. The van der Waals surface area contributed by atoms with Gasteiger partial charge in [0.1, 0.15) is 24.6 Å². The summed E-state index contributed by atoms with van der Waals surface area (Å²) < 4.78 is 6.60. The van der Waals surface area contributed by atoms with Gasteiger partial charge in [0.05, 0.1) is 17.8 Å². The van der Waals surface area contributed by atoms with Crippen molar-refractivity contribution >= 4 is 22.3 Å². The van der Waals surface area contributed by atoms with Gasteiger partial charge in [0.15, 0.2) is 0 Å². The average Bonchev–Trinajstić information content (AvgIpc) is 3.81. The maximum absolute atomic E-state index is 6.60. The minimum Gasteiger partial charge on any atom is -0.461 e. The number of fused-ring (bicyclic) bond motifs is 3. The highest BCUT2D eigenvalue weighted by Crippen LogP contribution is 2.40. The number of aromatic nitrogens is 5. The van der Waals surface area contributed by atoms with E-state index >= 15 is 0 Å². The van der Waals surface area contributed by atoms with E-state index in [-0.39, 0.29) is 5.54 Å². The number of aromatic amines is 1. The van der Waals surface area contributed by atoms with E-state index in [9.17, 15) is 0 Å². The highest BCUT2D eigenvalue weighted by Gasteiger charge is 2.45. The molecule has 8 rings (SSSR count). The smallest absolute Gasteiger partial charge is 0.318 e. The van der Waals surface area contributed by atoms with Crippen LogP contribution in [0.4, 0.5) is 11.5 Å². The van der Waals surface area contributed by atoms with E-state index < -0.39 is 0 Å². The molecule has 0 amide bonds. The lowest BCUT2D eigenvalue weighted by Crippen LogP contribution is -2.44. The van der Waals surface area contributed by atoms with Crippen molar-refractivity contribution < 1.29 is 4.74 Å². The van der Waals surface area contributed by atoms with Crippen molar-refractivity contribution in [1.29, 1.82) is 0 Å². The Bertz CT molecular complexity index is 1590. The van der Waals surface area contributed by atoms with Crippen LogP contribution in [0.1, 0.15) is 74.0 Å². The molecular weight excluding hydrogens is 536 g/mol. The first-order valence-electron chi connectivity index (χ1n) is 16.3. The van der Waals surface area contributed by atoms with Gasteiger partial charge in [0.2, 0.25) is 0 Å². The highest BCUT2D eigenvalue weighted by molar-refractivity contribution is 5.97. The van der Waals surface area contributed by atoms with Crippen LogP contribution in [0.2, 0.25) is 0 Å². The van der Waals surface area contributed by atoms with E-state index in [0.717, 1.165) is 69.2 Å². The summed E-state index contributed by atoms with van der Waals surface area (Å²) >= 11 is 0. The average molecular weight is 579 g/mol. The molecule has 4 aromatic rings. The van der Waals surface area contributed by atoms with Gasteiger partial charge in [0.25, 0.3) is 0 Å². The van der Waals surface area contributed by atoms with E-state index in [1.807, 2.05) is 0 Å². The van der Waals surface area contributed by atoms with Crippen molar-refractivity contribution in [3.05, 3.63) is 65.4 Å². The number of ether oxygens (including phenoxy) is 1. The fourth-order valence-corrected chi connectivity index (χ4v) is 8.34. The third kappa shape index (κ3) is 4.82. The molecular formula is C34H42N8O. The summed E-state index contributed by atoms with van der Waals surface area (Å²) in [6.45, 7) is 8.87. The second-order valence-electron chi connectivity index (χ2n) is 12.9. The Balaban J connectivity index is 1.14. The molecule has 9 nitrogen and oxygen atoms in total. The van der Waals surface area contributed by atoms with Crippen molar-refractivity contribution in [1.82, 2.24) is 30.0 Å². The summed E-state index contributed by atoms with van der Waals surface area (Å²) in [7, 11) is 0. The quantitative estimate of drug-likeness (QED) is 0.318. The van der Waals surface area contributed by atoms with Crippen LogP contribution >= 0.6 is 0 Å². The van der Waals surface area contributed by atoms with Gasteiger partial charge < -0.3 is 14.5 Å². The number of hydrogen-bond acceptors (Lipinski definition) is 8. The number of hydrogen-bond donors (Lipinski definition) is 1. The van der Waals surface area contributed by atoms with Crippen LogP contribution in [0.3, 0.4) is 0 Å². The highest BCUT2D eigenvalue weighted by atomic mass is 16.5. The van der Waals surface area contributed by atoms with E-state index in [2.05, 4.69) is 73.2 Å². The summed E-state index contributed by atoms with van der Waals surface area (Å²) in [5.41, 5.74) is 5.24. The number of anilines is 2. The molecule has 6 heterocycles. The van der Waals surface area contributed by atoms with E-state index in [1.165, 1.54) is 66.4 Å². The first-order valence-corrected chi connectivity index (χ1v) is 16.3. The second-order valence-corrected chi connectivity index (χ2v) is 12.9. The first-order chi connectivity index (χ1) is 21.2. The zero-order valence-corrected chi connectivity index (χ0v) is 25.3. The third-order valence-corrected chi connectivity index (χ3v) is 10.5. The molecule has 3 saturated heterocycles. The standard InChI is InChI=1S/C34H42N8O/c1-2-24-8-3-9-25-10-4-12-29(30(24)25)40-19-13-27-28(21-40)37-33(43-22-34-14-6-17-42(34)18-7-15-34)38-32(27)41-16-5-11-26(20-41)31-35-23-36-39-31/h3-4,8-10,12,23,26H,2,5-7,11,13-22H2,1H3,(H,35,36,39). The van der Waals surface area contributed by atoms with Crippen LogP contribution < -0.4 is 14.5 Å². The molecule has 4 aliphatic heterocycles. The van der Waals surface area contributed by atoms with E-state index in [4.69, 9.17) is 14.7 Å². The summed E-state index contributed by atoms with van der Waals surface area (Å²) in [6, 6.07) is 13.9.